The molecule has 9 nitrogen and oxygen atoms in total. The lowest BCUT2D eigenvalue weighted by Crippen LogP contribution is -2.21. The average Bonchev–Trinajstić information content (AvgIpc) is 3.46. The van der Waals surface area contributed by atoms with Gasteiger partial charge in [0.25, 0.3) is 11.8 Å². The Morgan fingerprint density at radius 2 is 1.76 bits per heavy atom. The lowest BCUT2D eigenvalue weighted by atomic mass is 10.3. The number of hydrogen-bond acceptors (Lipinski definition) is 5. The average molecular weight is 465 g/mol. The van der Waals surface area contributed by atoms with Gasteiger partial charge in [0.2, 0.25) is 0 Å². The maximum absolute atomic E-state index is 13.0. The molecule has 2 aromatic carbocycles. The number of anilines is 2. The highest BCUT2D eigenvalue weighted by Gasteiger charge is 2.21. The van der Waals surface area contributed by atoms with Crippen molar-refractivity contribution in [1.82, 2.24) is 19.6 Å². The van der Waals surface area contributed by atoms with Gasteiger partial charge >= 0.3 is 0 Å². The number of carbonyl (C=O) groups excluding carboxylic acids is 2. The summed E-state index contributed by atoms with van der Waals surface area (Å²) in [5.41, 5.74) is 1.27. The summed E-state index contributed by atoms with van der Waals surface area (Å²) >= 11 is 6.11. The number of benzene rings is 2. The first-order valence-electron chi connectivity index (χ1n) is 10.2. The van der Waals surface area contributed by atoms with E-state index in [4.69, 9.17) is 16.3 Å². The fourth-order valence-electron chi connectivity index (χ4n) is 3.06. The van der Waals surface area contributed by atoms with Gasteiger partial charge in [-0.1, -0.05) is 41.9 Å². The fourth-order valence-corrected chi connectivity index (χ4v) is 3.25. The number of aryl methyl sites for hydroxylation is 1. The molecule has 0 saturated heterocycles. The Morgan fingerprint density at radius 1 is 1.00 bits per heavy atom. The van der Waals surface area contributed by atoms with Crippen LogP contribution in [-0.4, -0.2) is 31.4 Å². The number of amides is 2. The van der Waals surface area contributed by atoms with Crippen molar-refractivity contribution in [3.63, 3.8) is 0 Å². The molecule has 4 aromatic rings. The zero-order chi connectivity index (χ0) is 23.2. The van der Waals surface area contributed by atoms with Crippen molar-refractivity contribution >= 4 is 34.8 Å². The number of aromatic nitrogens is 4. The first kappa shape index (κ1) is 22.1. The number of rotatable bonds is 8. The van der Waals surface area contributed by atoms with Crippen molar-refractivity contribution in [1.29, 1.82) is 0 Å². The number of nitrogens with one attached hydrogen (secondary N) is 2. The van der Waals surface area contributed by atoms with Gasteiger partial charge in [0.05, 0.1) is 10.7 Å². The van der Waals surface area contributed by atoms with Crippen LogP contribution in [0.25, 0.3) is 0 Å². The van der Waals surface area contributed by atoms with E-state index in [1.807, 2.05) is 25.1 Å². The molecule has 2 amide bonds. The van der Waals surface area contributed by atoms with Gasteiger partial charge in [-0.25, -0.2) is 4.68 Å². The molecule has 2 heterocycles. The van der Waals surface area contributed by atoms with Crippen LogP contribution in [0.2, 0.25) is 5.02 Å². The second-order valence-corrected chi connectivity index (χ2v) is 7.35. The van der Waals surface area contributed by atoms with E-state index in [-0.39, 0.29) is 23.8 Å². The molecule has 4 rings (SSSR count). The lowest BCUT2D eigenvalue weighted by Gasteiger charge is -2.11. The third-order valence-corrected chi connectivity index (χ3v) is 5.02. The molecule has 168 valence electrons. The van der Waals surface area contributed by atoms with Crippen LogP contribution in [0.3, 0.4) is 0 Å². The summed E-state index contributed by atoms with van der Waals surface area (Å²) in [6.07, 6.45) is 3.10. The molecule has 2 N–H and O–H groups in total. The molecule has 0 atom stereocenters. The first-order chi connectivity index (χ1) is 16.0. The molecule has 10 heteroatoms. The Kier molecular flexibility index (Phi) is 6.70. The normalized spacial score (nSPS) is 10.6. The van der Waals surface area contributed by atoms with Crippen LogP contribution in [0.1, 0.15) is 27.9 Å². The van der Waals surface area contributed by atoms with E-state index < -0.39 is 11.8 Å². The molecule has 0 spiro atoms. The third kappa shape index (κ3) is 5.21. The highest BCUT2D eigenvalue weighted by atomic mass is 35.5. The van der Waals surface area contributed by atoms with E-state index in [1.165, 1.54) is 10.9 Å². The number of ether oxygens (including phenoxy) is 1. The number of para-hydroxylation sites is 2. The van der Waals surface area contributed by atoms with Crippen LogP contribution >= 0.6 is 11.6 Å². The highest BCUT2D eigenvalue weighted by molar-refractivity contribution is 6.32. The van der Waals surface area contributed by atoms with Crippen molar-refractivity contribution < 1.29 is 14.3 Å². The van der Waals surface area contributed by atoms with Gasteiger partial charge < -0.3 is 15.4 Å². The molecule has 0 fully saturated rings. The molecule has 2 aromatic heterocycles. The largest absolute Gasteiger partial charge is 0.470 e. The van der Waals surface area contributed by atoms with Crippen LogP contribution in [0.4, 0.5) is 11.4 Å². The van der Waals surface area contributed by atoms with E-state index in [1.54, 1.807) is 53.3 Å². The van der Waals surface area contributed by atoms with Gasteiger partial charge in [0.1, 0.15) is 11.4 Å². The van der Waals surface area contributed by atoms with Gasteiger partial charge in [-0.15, -0.1) is 0 Å². The number of nitrogens with zero attached hydrogens (tertiary/aromatic N) is 4. The zero-order valence-electron chi connectivity index (χ0n) is 17.7. The van der Waals surface area contributed by atoms with Crippen LogP contribution in [-0.2, 0) is 13.3 Å². The van der Waals surface area contributed by atoms with Crippen LogP contribution in [0.5, 0.6) is 5.75 Å². The van der Waals surface area contributed by atoms with E-state index in [0.29, 0.717) is 23.0 Å². The summed E-state index contributed by atoms with van der Waals surface area (Å²) in [4.78, 5) is 25.8. The Bertz CT molecular complexity index is 1270. The Balaban J connectivity index is 1.50. The Morgan fingerprint density at radius 3 is 2.52 bits per heavy atom. The molecule has 0 aliphatic heterocycles. The number of halogens is 1. The van der Waals surface area contributed by atoms with Crippen LogP contribution in [0.15, 0.2) is 73.1 Å². The second kappa shape index (κ2) is 10.0. The van der Waals surface area contributed by atoms with Gasteiger partial charge in [0.15, 0.2) is 12.4 Å². The predicted molar refractivity (Wildman–Crippen MR) is 125 cm³/mol. The minimum atomic E-state index is -0.459. The van der Waals surface area contributed by atoms with Crippen molar-refractivity contribution in [3.05, 3.63) is 89.5 Å². The summed E-state index contributed by atoms with van der Waals surface area (Å²) in [5, 5.41) is 14.4. The predicted octanol–water partition coefficient (Wildman–Crippen LogP) is 4.29. The van der Waals surface area contributed by atoms with E-state index >= 15 is 0 Å². The molecule has 0 saturated carbocycles. The van der Waals surface area contributed by atoms with Crippen molar-refractivity contribution in [2.24, 2.45) is 0 Å². The summed E-state index contributed by atoms with van der Waals surface area (Å²) < 4.78 is 8.65. The minimum absolute atomic E-state index is 0.0188. The minimum Gasteiger partial charge on any atom is -0.470 e. The Labute approximate surface area is 194 Å². The van der Waals surface area contributed by atoms with Gasteiger partial charge in [-0.2, -0.15) is 10.2 Å². The SMILES string of the molecule is CCn1cc(NC(=O)c2ccnn2COc2ccccc2Cl)c(C(=O)Nc2ccccc2)n1. The fraction of sp³-hybridized carbons (Fsp3) is 0.130. The van der Waals surface area contributed by atoms with Gasteiger partial charge in [0, 0.05) is 24.6 Å². The maximum atomic E-state index is 13.0. The van der Waals surface area contributed by atoms with Crippen molar-refractivity contribution in [2.45, 2.75) is 20.2 Å². The van der Waals surface area contributed by atoms with Crippen molar-refractivity contribution in [3.8, 4) is 5.75 Å². The topological polar surface area (TPSA) is 103 Å². The number of hydrogen-bond donors (Lipinski definition) is 2. The first-order valence-corrected chi connectivity index (χ1v) is 10.6. The second-order valence-electron chi connectivity index (χ2n) is 6.94. The summed E-state index contributed by atoms with van der Waals surface area (Å²) in [7, 11) is 0. The summed E-state index contributed by atoms with van der Waals surface area (Å²) in [6, 6.07) is 17.6. The van der Waals surface area contributed by atoms with Crippen LogP contribution < -0.4 is 15.4 Å². The molecule has 33 heavy (non-hydrogen) atoms. The molecule has 0 aliphatic rings. The third-order valence-electron chi connectivity index (χ3n) is 4.71. The molecule has 0 bridgehead atoms. The molecule has 0 unspecified atom stereocenters. The number of carbonyl (C=O) groups is 2. The quantitative estimate of drug-likeness (QED) is 0.405. The summed E-state index contributed by atoms with van der Waals surface area (Å²) in [6.45, 7) is 2.40. The highest BCUT2D eigenvalue weighted by Crippen LogP contribution is 2.23. The van der Waals surface area contributed by atoms with E-state index in [2.05, 4.69) is 20.8 Å². The lowest BCUT2D eigenvalue weighted by molar-refractivity contribution is 0.100. The van der Waals surface area contributed by atoms with E-state index in [9.17, 15) is 9.59 Å². The maximum Gasteiger partial charge on any atom is 0.278 e. The molecular formula is C23H21ClN6O3. The monoisotopic (exact) mass is 464 g/mol. The zero-order valence-corrected chi connectivity index (χ0v) is 18.5. The standard InChI is InChI=1S/C23H21ClN6O3/c1-2-29-14-18(21(28-29)23(32)26-16-8-4-3-5-9-16)27-22(31)19-12-13-25-30(19)15-33-20-11-7-6-10-17(20)24/h3-14H,2,15H2,1H3,(H,26,32)(H,27,31). The summed E-state index contributed by atoms with van der Waals surface area (Å²) in [5.74, 6) is -0.413. The molecule has 0 aliphatic carbocycles. The smallest absolute Gasteiger partial charge is 0.278 e. The Hall–Kier alpha value is -4.11. The molecular weight excluding hydrogens is 444 g/mol. The van der Waals surface area contributed by atoms with E-state index in [0.717, 1.165) is 0 Å². The van der Waals surface area contributed by atoms with Gasteiger partial charge in [-0.05, 0) is 37.3 Å². The van der Waals surface area contributed by atoms with Gasteiger partial charge in [-0.3, -0.25) is 14.3 Å². The van der Waals surface area contributed by atoms with Crippen molar-refractivity contribution in [2.75, 3.05) is 10.6 Å². The molecule has 0 radical (unpaired) electrons. The van der Waals surface area contributed by atoms with Crippen LogP contribution in [0, 0.1) is 0 Å².